The van der Waals surface area contributed by atoms with Crippen LogP contribution in [0.1, 0.15) is 45.8 Å². The Bertz CT molecular complexity index is 1150. The fourth-order valence-electron chi connectivity index (χ4n) is 3.36. The Hall–Kier alpha value is -3.72. The van der Waals surface area contributed by atoms with Gasteiger partial charge in [0.15, 0.2) is 5.69 Å². The molecule has 1 aliphatic heterocycles. The highest BCUT2D eigenvalue weighted by atomic mass is 19.1. The van der Waals surface area contributed by atoms with E-state index in [0.717, 1.165) is 0 Å². The lowest BCUT2D eigenvalue weighted by Crippen LogP contribution is -2.15. The highest BCUT2D eigenvalue weighted by Crippen LogP contribution is 2.33. The molecule has 0 unspecified atom stereocenters. The third kappa shape index (κ3) is 2.61. The first kappa shape index (κ1) is 16.7. The first-order valence-electron chi connectivity index (χ1n) is 8.32. The average molecular weight is 358 g/mol. The van der Waals surface area contributed by atoms with Gasteiger partial charge in [-0.1, -0.05) is 18.1 Å². The van der Waals surface area contributed by atoms with E-state index in [-0.39, 0.29) is 11.5 Å². The largest absolute Gasteiger partial charge is 0.364 e. The molecule has 0 fully saturated rings. The van der Waals surface area contributed by atoms with Gasteiger partial charge in [0.05, 0.1) is 23.1 Å². The van der Waals surface area contributed by atoms with E-state index in [1.165, 1.54) is 12.4 Å². The molecule has 3 aromatic rings. The second-order valence-corrected chi connectivity index (χ2v) is 6.22. The third-order valence-electron chi connectivity index (χ3n) is 4.56. The van der Waals surface area contributed by atoms with Crippen LogP contribution >= 0.6 is 0 Å². The highest BCUT2D eigenvalue weighted by Gasteiger charge is 2.28. The molecule has 1 atom stereocenters. The van der Waals surface area contributed by atoms with Gasteiger partial charge in [0.25, 0.3) is 5.91 Å². The van der Waals surface area contributed by atoms with Crippen LogP contribution in [0.15, 0.2) is 53.8 Å². The van der Waals surface area contributed by atoms with Crippen LogP contribution in [0.5, 0.6) is 0 Å². The zero-order chi connectivity index (χ0) is 19.1. The fraction of sp³-hybridized carbons (Fsp3) is 0.0952. The van der Waals surface area contributed by atoms with Crippen molar-refractivity contribution in [3.8, 4) is 18.0 Å². The van der Waals surface area contributed by atoms with E-state index >= 15 is 0 Å². The number of amides is 1. The first-order valence-corrected chi connectivity index (χ1v) is 8.32. The number of hydrogen-bond donors (Lipinski definition) is 1. The molecule has 1 amide bonds. The number of primary amides is 1. The van der Waals surface area contributed by atoms with Crippen LogP contribution < -0.4 is 5.73 Å². The van der Waals surface area contributed by atoms with Gasteiger partial charge in [-0.3, -0.25) is 14.4 Å². The molecule has 2 heterocycles. The van der Waals surface area contributed by atoms with Crippen LogP contribution in [0, 0.1) is 18.2 Å². The van der Waals surface area contributed by atoms with Gasteiger partial charge >= 0.3 is 0 Å². The van der Waals surface area contributed by atoms with Gasteiger partial charge in [-0.25, -0.2) is 9.37 Å². The van der Waals surface area contributed by atoms with E-state index < -0.39 is 11.9 Å². The van der Waals surface area contributed by atoms with Gasteiger partial charge in [0.1, 0.15) is 12.1 Å². The summed E-state index contributed by atoms with van der Waals surface area (Å²) in [5, 5.41) is 0. The van der Waals surface area contributed by atoms with Crippen molar-refractivity contribution in [2.75, 3.05) is 0 Å². The maximum atomic E-state index is 14.6. The Morgan fingerprint density at radius 2 is 2.04 bits per heavy atom. The van der Waals surface area contributed by atoms with Gasteiger partial charge < -0.3 is 5.73 Å². The van der Waals surface area contributed by atoms with Crippen LogP contribution in [-0.2, 0) is 0 Å². The standard InChI is InChI=1S/C21H15FN4O/c1-3-13-8-9-17-15(10-13)18(14-6-4-5-7-16(14)22)25-12(2)20-19(21(23)27)24-11-26(17)20/h1,4-12H,2H3,(H2,23,27)/t12-/m0/s1. The molecule has 1 aromatic heterocycles. The molecule has 0 saturated carbocycles. The lowest BCUT2D eigenvalue weighted by Gasteiger charge is -2.12. The number of carbonyl (C=O) groups is 1. The average Bonchev–Trinajstić information content (AvgIpc) is 3.07. The van der Waals surface area contributed by atoms with Gasteiger partial charge in [-0.15, -0.1) is 6.42 Å². The zero-order valence-corrected chi connectivity index (χ0v) is 14.5. The zero-order valence-electron chi connectivity index (χ0n) is 14.5. The number of aromatic nitrogens is 2. The number of imidazole rings is 1. The van der Waals surface area contributed by atoms with Crippen molar-refractivity contribution in [3.63, 3.8) is 0 Å². The molecule has 1 aliphatic rings. The van der Waals surface area contributed by atoms with E-state index in [2.05, 4.69) is 10.9 Å². The summed E-state index contributed by atoms with van der Waals surface area (Å²) >= 11 is 0. The van der Waals surface area contributed by atoms with Gasteiger partial charge in [-0.2, -0.15) is 0 Å². The van der Waals surface area contributed by atoms with Crippen LogP contribution in [0.2, 0.25) is 0 Å². The second kappa shape index (κ2) is 6.22. The number of rotatable bonds is 2. The summed E-state index contributed by atoms with van der Waals surface area (Å²) in [6, 6.07) is 11.3. The van der Waals surface area contributed by atoms with Crippen molar-refractivity contribution < 1.29 is 9.18 Å². The molecule has 2 N–H and O–H groups in total. The Kier molecular flexibility index (Phi) is 3.85. The van der Waals surface area contributed by atoms with E-state index in [1.54, 1.807) is 34.9 Å². The van der Waals surface area contributed by atoms with Crippen LogP contribution in [0.3, 0.4) is 0 Å². The summed E-state index contributed by atoms with van der Waals surface area (Å²) in [6.45, 7) is 1.81. The summed E-state index contributed by atoms with van der Waals surface area (Å²) in [4.78, 5) is 20.7. The van der Waals surface area contributed by atoms with Crippen molar-refractivity contribution in [2.45, 2.75) is 13.0 Å². The molecular formula is C21H15FN4O. The molecule has 27 heavy (non-hydrogen) atoms. The number of hydrogen-bond acceptors (Lipinski definition) is 3. The number of fused-ring (bicyclic) bond motifs is 3. The van der Waals surface area contributed by atoms with E-state index in [0.29, 0.717) is 33.8 Å². The summed E-state index contributed by atoms with van der Waals surface area (Å²) in [5.41, 5.74) is 9.02. The molecule has 6 heteroatoms. The second-order valence-electron chi connectivity index (χ2n) is 6.22. The molecule has 132 valence electrons. The maximum absolute atomic E-state index is 14.6. The summed E-state index contributed by atoms with van der Waals surface area (Å²) in [5.74, 6) is 1.57. The number of benzene rings is 2. The minimum absolute atomic E-state index is 0.146. The van der Waals surface area contributed by atoms with E-state index in [1.807, 2.05) is 13.0 Å². The van der Waals surface area contributed by atoms with E-state index in [4.69, 9.17) is 17.1 Å². The predicted molar refractivity (Wildman–Crippen MR) is 100 cm³/mol. The minimum Gasteiger partial charge on any atom is -0.364 e. The Labute approximate surface area is 155 Å². The number of nitrogens with two attached hydrogens (primary N) is 1. The number of halogens is 1. The third-order valence-corrected chi connectivity index (χ3v) is 4.56. The van der Waals surface area contributed by atoms with Crippen LogP contribution in [-0.4, -0.2) is 21.2 Å². The normalized spacial score (nSPS) is 15.1. The molecule has 5 nitrogen and oxygen atoms in total. The summed E-state index contributed by atoms with van der Waals surface area (Å²) in [6.07, 6.45) is 7.09. The molecule has 0 saturated heterocycles. The number of nitrogens with zero attached hydrogens (tertiary/aromatic N) is 3. The molecule has 0 spiro atoms. The maximum Gasteiger partial charge on any atom is 0.269 e. The molecule has 2 aromatic carbocycles. The topological polar surface area (TPSA) is 73.3 Å². The van der Waals surface area contributed by atoms with Gasteiger partial charge in [-0.05, 0) is 37.3 Å². The lowest BCUT2D eigenvalue weighted by molar-refractivity contribution is 0.0994. The Morgan fingerprint density at radius 1 is 1.26 bits per heavy atom. The minimum atomic E-state index is -0.637. The van der Waals surface area contributed by atoms with Gasteiger partial charge in [0, 0.05) is 16.7 Å². The fourth-order valence-corrected chi connectivity index (χ4v) is 3.36. The molecule has 0 radical (unpaired) electrons. The summed E-state index contributed by atoms with van der Waals surface area (Å²) in [7, 11) is 0. The molecule has 0 aliphatic carbocycles. The summed E-state index contributed by atoms with van der Waals surface area (Å²) < 4.78 is 16.3. The van der Waals surface area contributed by atoms with E-state index in [9.17, 15) is 9.18 Å². The number of aliphatic imine (C=N–C) groups is 1. The predicted octanol–water partition coefficient (Wildman–Crippen LogP) is 3.00. The quantitative estimate of drug-likeness (QED) is 0.715. The van der Waals surface area contributed by atoms with Gasteiger partial charge in [0.2, 0.25) is 0 Å². The van der Waals surface area contributed by atoms with Crippen LogP contribution in [0.25, 0.3) is 5.69 Å². The lowest BCUT2D eigenvalue weighted by atomic mass is 9.98. The first-order chi connectivity index (χ1) is 13.0. The Balaban J connectivity index is 2.08. The van der Waals surface area contributed by atoms with Crippen LogP contribution in [0.4, 0.5) is 4.39 Å². The monoisotopic (exact) mass is 358 g/mol. The van der Waals surface area contributed by atoms with Crippen molar-refractivity contribution in [3.05, 3.63) is 82.7 Å². The number of carbonyl (C=O) groups excluding carboxylic acids is 1. The molecule has 4 rings (SSSR count). The van der Waals surface area contributed by atoms with Crippen molar-refractivity contribution in [1.82, 2.24) is 9.55 Å². The number of terminal acetylenes is 1. The smallest absolute Gasteiger partial charge is 0.269 e. The Morgan fingerprint density at radius 3 is 2.74 bits per heavy atom. The SMILES string of the molecule is C#Cc1ccc2c(c1)C(c1ccccc1F)=N[C@@H](C)c1c(C(N)=O)ncn1-2. The molecule has 0 bridgehead atoms. The van der Waals surface area contributed by atoms with Crippen molar-refractivity contribution >= 4 is 11.6 Å². The van der Waals surface area contributed by atoms with Crippen molar-refractivity contribution in [2.24, 2.45) is 10.7 Å². The highest BCUT2D eigenvalue weighted by molar-refractivity contribution is 6.15. The molecular weight excluding hydrogens is 343 g/mol. The van der Waals surface area contributed by atoms with Crippen molar-refractivity contribution in [1.29, 1.82) is 0 Å².